The van der Waals surface area contributed by atoms with Gasteiger partial charge in [-0.1, -0.05) is 17.7 Å². The van der Waals surface area contributed by atoms with Gasteiger partial charge in [0, 0.05) is 30.9 Å². The summed E-state index contributed by atoms with van der Waals surface area (Å²) in [6, 6.07) is 6.67. The fraction of sp³-hybridized carbons (Fsp3) is 0.400. The van der Waals surface area contributed by atoms with Crippen molar-refractivity contribution >= 4 is 29.0 Å². The van der Waals surface area contributed by atoms with E-state index in [-0.39, 0.29) is 16.8 Å². The number of anilines is 2. The van der Waals surface area contributed by atoms with Gasteiger partial charge in [-0.15, -0.1) is 0 Å². The number of carbonyl (C=O) groups excluding carboxylic acids is 1. The Hall–Kier alpha value is -2.28. The predicted molar refractivity (Wildman–Crippen MR) is 104 cm³/mol. The molecule has 1 fully saturated rings. The number of amides is 1. The molecule has 8 heteroatoms. The summed E-state index contributed by atoms with van der Waals surface area (Å²) in [5.74, 6) is 0.114. The molecule has 28 heavy (non-hydrogen) atoms. The zero-order valence-electron chi connectivity index (χ0n) is 15.6. The molecule has 2 aromatic rings. The van der Waals surface area contributed by atoms with Gasteiger partial charge in [0.15, 0.2) is 0 Å². The van der Waals surface area contributed by atoms with Crippen molar-refractivity contribution in [1.29, 1.82) is 0 Å². The average molecular weight is 412 g/mol. The zero-order valence-corrected chi connectivity index (χ0v) is 16.4. The van der Waals surface area contributed by atoms with Crippen LogP contribution in [0.5, 0.6) is 0 Å². The molecule has 2 heterocycles. The van der Waals surface area contributed by atoms with Crippen molar-refractivity contribution in [3.05, 3.63) is 52.2 Å². The average Bonchev–Trinajstić information content (AvgIpc) is 2.64. The van der Waals surface area contributed by atoms with Crippen LogP contribution in [0.4, 0.5) is 24.7 Å². The second kappa shape index (κ2) is 7.99. The number of nitrogens with zero attached hydrogens (tertiary/aromatic N) is 2. The number of halogens is 4. The molecule has 1 aliphatic heterocycles. The minimum absolute atomic E-state index is 0.0344. The molecular weight excluding hydrogens is 391 g/mol. The molecule has 0 saturated carbocycles. The lowest BCUT2D eigenvalue weighted by molar-refractivity contribution is -0.137. The molecule has 1 saturated heterocycles. The Morgan fingerprint density at radius 1 is 1.18 bits per heavy atom. The maximum absolute atomic E-state index is 12.8. The van der Waals surface area contributed by atoms with Crippen LogP contribution in [0.15, 0.2) is 30.5 Å². The van der Waals surface area contributed by atoms with Crippen molar-refractivity contribution in [3.63, 3.8) is 0 Å². The smallest absolute Gasteiger partial charge is 0.355 e. The van der Waals surface area contributed by atoms with E-state index in [0.717, 1.165) is 29.1 Å². The molecule has 0 radical (unpaired) electrons. The van der Waals surface area contributed by atoms with E-state index in [0.29, 0.717) is 31.7 Å². The van der Waals surface area contributed by atoms with Gasteiger partial charge in [0.05, 0.1) is 10.6 Å². The Morgan fingerprint density at radius 2 is 1.86 bits per heavy atom. The molecule has 4 nitrogen and oxygen atoms in total. The third kappa shape index (κ3) is 4.58. The summed E-state index contributed by atoms with van der Waals surface area (Å²) in [5.41, 5.74) is 2.16. The van der Waals surface area contributed by atoms with Crippen molar-refractivity contribution in [2.24, 2.45) is 5.92 Å². The molecule has 150 valence electrons. The largest absolute Gasteiger partial charge is 0.417 e. The van der Waals surface area contributed by atoms with Crippen LogP contribution in [0.2, 0.25) is 5.02 Å². The predicted octanol–water partition coefficient (Wildman–Crippen LogP) is 5.23. The van der Waals surface area contributed by atoms with Gasteiger partial charge < -0.3 is 10.2 Å². The summed E-state index contributed by atoms with van der Waals surface area (Å²) in [7, 11) is 0. The number of hydrogen-bond donors (Lipinski definition) is 1. The molecule has 1 aromatic heterocycles. The molecule has 3 rings (SSSR count). The first kappa shape index (κ1) is 20.5. The number of alkyl halides is 3. The summed E-state index contributed by atoms with van der Waals surface area (Å²) in [4.78, 5) is 18.3. The standard InChI is InChI=1S/C20H21ClF3N3O/c1-12-3-4-16(9-13(12)2)26-19(28)14-5-7-27(8-6-14)18-17(21)10-15(11-25-18)20(22,23)24/h3-4,9-11,14H,5-8H2,1-2H3,(H,26,28). The Labute approximate surface area is 166 Å². The van der Waals surface area contributed by atoms with Crippen molar-refractivity contribution in [1.82, 2.24) is 4.98 Å². The molecule has 1 N–H and O–H groups in total. The summed E-state index contributed by atoms with van der Waals surface area (Å²) in [6.07, 6.45) is -2.53. The third-order valence-corrected chi connectivity index (χ3v) is 5.37. The summed E-state index contributed by atoms with van der Waals surface area (Å²) >= 11 is 6.02. The quantitative estimate of drug-likeness (QED) is 0.752. The maximum atomic E-state index is 12.8. The SMILES string of the molecule is Cc1ccc(NC(=O)C2CCN(c3ncc(C(F)(F)F)cc3Cl)CC2)cc1C. The van der Waals surface area contributed by atoms with Gasteiger partial charge in [0.2, 0.25) is 5.91 Å². The lowest BCUT2D eigenvalue weighted by Gasteiger charge is -2.32. The van der Waals surface area contributed by atoms with E-state index >= 15 is 0 Å². The number of piperidine rings is 1. The number of benzene rings is 1. The third-order valence-electron chi connectivity index (χ3n) is 5.09. The monoisotopic (exact) mass is 411 g/mol. The van der Waals surface area contributed by atoms with Gasteiger partial charge in [-0.3, -0.25) is 4.79 Å². The second-order valence-electron chi connectivity index (χ2n) is 7.08. The molecule has 0 atom stereocenters. The highest BCUT2D eigenvalue weighted by molar-refractivity contribution is 6.33. The first-order valence-corrected chi connectivity index (χ1v) is 9.39. The van der Waals surface area contributed by atoms with E-state index in [1.54, 1.807) is 0 Å². The van der Waals surface area contributed by atoms with Crippen LogP contribution in [0, 0.1) is 19.8 Å². The van der Waals surface area contributed by atoms with E-state index < -0.39 is 11.7 Å². The van der Waals surface area contributed by atoms with Crippen LogP contribution < -0.4 is 10.2 Å². The van der Waals surface area contributed by atoms with Gasteiger partial charge in [0.1, 0.15) is 5.82 Å². The lowest BCUT2D eigenvalue weighted by Crippen LogP contribution is -2.38. The lowest BCUT2D eigenvalue weighted by atomic mass is 9.95. The molecule has 1 aliphatic rings. The minimum Gasteiger partial charge on any atom is -0.355 e. The molecule has 0 bridgehead atoms. The van der Waals surface area contributed by atoms with Gasteiger partial charge in [-0.05, 0) is 56.0 Å². The molecule has 0 unspecified atom stereocenters. The van der Waals surface area contributed by atoms with Crippen LogP contribution in [0.25, 0.3) is 0 Å². The first-order chi connectivity index (χ1) is 13.1. The normalized spacial score (nSPS) is 15.6. The van der Waals surface area contributed by atoms with Crippen LogP contribution in [-0.4, -0.2) is 24.0 Å². The van der Waals surface area contributed by atoms with Crippen molar-refractivity contribution < 1.29 is 18.0 Å². The number of carbonyl (C=O) groups is 1. The number of pyridine rings is 1. The molecule has 1 aromatic carbocycles. The number of rotatable bonds is 3. The summed E-state index contributed by atoms with van der Waals surface area (Å²) in [6.45, 7) is 5.01. The minimum atomic E-state index is -4.48. The highest BCUT2D eigenvalue weighted by atomic mass is 35.5. The van der Waals surface area contributed by atoms with Crippen LogP contribution >= 0.6 is 11.6 Å². The highest BCUT2D eigenvalue weighted by Crippen LogP contribution is 2.34. The van der Waals surface area contributed by atoms with Crippen LogP contribution in [0.1, 0.15) is 29.5 Å². The molecule has 1 amide bonds. The Kier molecular flexibility index (Phi) is 5.84. The first-order valence-electron chi connectivity index (χ1n) is 9.01. The summed E-state index contributed by atoms with van der Waals surface area (Å²) in [5, 5.41) is 2.91. The van der Waals surface area contributed by atoms with Gasteiger partial charge in [-0.25, -0.2) is 4.98 Å². The fourth-order valence-electron chi connectivity index (χ4n) is 3.24. The van der Waals surface area contributed by atoms with E-state index in [1.165, 1.54) is 0 Å². The van der Waals surface area contributed by atoms with Gasteiger partial charge in [-0.2, -0.15) is 13.2 Å². The Bertz CT molecular complexity index is 877. The second-order valence-corrected chi connectivity index (χ2v) is 7.48. The van der Waals surface area contributed by atoms with Crippen molar-refractivity contribution in [2.75, 3.05) is 23.3 Å². The fourth-order valence-corrected chi connectivity index (χ4v) is 3.52. The highest BCUT2D eigenvalue weighted by Gasteiger charge is 2.33. The zero-order chi connectivity index (χ0) is 20.5. The number of hydrogen-bond acceptors (Lipinski definition) is 3. The van der Waals surface area contributed by atoms with E-state index in [2.05, 4.69) is 10.3 Å². The van der Waals surface area contributed by atoms with Crippen LogP contribution in [0.3, 0.4) is 0 Å². The Balaban J connectivity index is 1.61. The molecule has 0 spiro atoms. The van der Waals surface area contributed by atoms with Crippen LogP contribution in [-0.2, 0) is 11.0 Å². The maximum Gasteiger partial charge on any atom is 0.417 e. The van der Waals surface area contributed by atoms with E-state index in [1.807, 2.05) is 36.9 Å². The van der Waals surface area contributed by atoms with E-state index in [4.69, 9.17) is 11.6 Å². The number of aryl methyl sites for hydroxylation is 2. The number of aromatic nitrogens is 1. The van der Waals surface area contributed by atoms with Crippen molar-refractivity contribution in [3.8, 4) is 0 Å². The summed E-state index contributed by atoms with van der Waals surface area (Å²) < 4.78 is 38.3. The van der Waals surface area contributed by atoms with Crippen molar-refractivity contribution in [2.45, 2.75) is 32.9 Å². The number of nitrogens with one attached hydrogen (secondary N) is 1. The molecular formula is C20H21ClF3N3O. The van der Waals surface area contributed by atoms with Gasteiger partial charge in [0.25, 0.3) is 0 Å². The topological polar surface area (TPSA) is 45.2 Å². The molecule has 0 aliphatic carbocycles. The van der Waals surface area contributed by atoms with E-state index in [9.17, 15) is 18.0 Å². The Morgan fingerprint density at radius 3 is 2.43 bits per heavy atom. The van der Waals surface area contributed by atoms with Gasteiger partial charge >= 0.3 is 6.18 Å².